The number of rotatable bonds is 3. The van der Waals surface area contributed by atoms with E-state index in [2.05, 4.69) is 37.5 Å². The van der Waals surface area contributed by atoms with Crippen molar-refractivity contribution >= 4 is 37.5 Å². The topological polar surface area (TPSA) is 65.6 Å². The van der Waals surface area contributed by atoms with Crippen LogP contribution in [0.2, 0.25) is 0 Å². The SMILES string of the molecule is O[C@H](CS)[C@@H](O)CS.On1ccccc1=S. The summed E-state index contributed by atoms with van der Waals surface area (Å²) in [7, 11) is 0. The lowest BCUT2D eigenvalue weighted by Crippen LogP contribution is -2.28. The molecular formula is C9H15NO3S3. The smallest absolute Gasteiger partial charge is 0.142 e. The van der Waals surface area contributed by atoms with Gasteiger partial charge < -0.3 is 15.4 Å². The third kappa shape index (κ3) is 6.39. The van der Waals surface area contributed by atoms with Crippen molar-refractivity contribution < 1.29 is 15.4 Å². The highest BCUT2D eigenvalue weighted by Crippen LogP contribution is 1.96. The Hall–Kier alpha value is -0.210. The second kappa shape index (κ2) is 8.89. The first kappa shape index (κ1) is 15.8. The summed E-state index contributed by atoms with van der Waals surface area (Å²) in [6, 6.07) is 5.13. The van der Waals surface area contributed by atoms with E-state index in [-0.39, 0.29) is 11.5 Å². The highest BCUT2D eigenvalue weighted by atomic mass is 32.1. The molecule has 1 rings (SSSR count). The lowest BCUT2D eigenvalue weighted by Gasteiger charge is -2.11. The van der Waals surface area contributed by atoms with E-state index in [0.717, 1.165) is 4.73 Å². The summed E-state index contributed by atoms with van der Waals surface area (Å²) in [5.74, 6) is 0.559. The molecule has 1 aromatic heterocycles. The number of aromatic nitrogens is 1. The van der Waals surface area contributed by atoms with Crippen LogP contribution in [0.15, 0.2) is 24.4 Å². The predicted octanol–water partition coefficient (Wildman–Crippen LogP) is 1.02. The zero-order chi connectivity index (χ0) is 12.6. The summed E-state index contributed by atoms with van der Waals surface area (Å²) in [4.78, 5) is 0. The highest BCUT2D eigenvalue weighted by Gasteiger charge is 2.10. The zero-order valence-corrected chi connectivity index (χ0v) is 11.1. The summed E-state index contributed by atoms with van der Waals surface area (Å²) in [5.41, 5.74) is 0. The van der Waals surface area contributed by atoms with Crippen molar-refractivity contribution in [1.29, 1.82) is 0 Å². The van der Waals surface area contributed by atoms with Crippen LogP contribution in [-0.4, -0.2) is 43.9 Å². The standard InChI is InChI=1S/C5H5NOS.C4H10O2S2/c7-6-4-2-1-3-5(6)8;5-3(1-7)4(6)2-8/h1-4,7H;3-8H,1-2H2/t;3-,4+. The van der Waals surface area contributed by atoms with Crippen molar-refractivity contribution in [1.82, 2.24) is 4.73 Å². The first-order valence-corrected chi connectivity index (χ1v) is 6.15. The summed E-state index contributed by atoms with van der Waals surface area (Å²) >= 11 is 12.2. The van der Waals surface area contributed by atoms with E-state index < -0.39 is 12.2 Å². The van der Waals surface area contributed by atoms with Crippen LogP contribution in [0.25, 0.3) is 0 Å². The van der Waals surface area contributed by atoms with Gasteiger partial charge in [0.05, 0.1) is 12.2 Å². The molecule has 0 saturated carbocycles. The molecule has 4 nitrogen and oxygen atoms in total. The quantitative estimate of drug-likeness (QED) is 0.326. The van der Waals surface area contributed by atoms with E-state index in [1.165, 1.54) is 6.20 Å². The summed E-state index contributed by atoms with van der Waals surface area (Å²) < 4.78 is 1.32. The summed E-state index contributed by atoms with van der Waals surface area (Å²) in [6.07, 6.45) is 0.00849. The van der Waals surface area contributed by atoms with Crippen LogP contribution < -0.4 is 0 Å². The normalized spacial score (nSPS) is 13.5. The van der Waals surface area contributed by atoms with Crippen LogP contribution in [0.5, 0.6) is 0 Å². The van der Waals surface area contributed by atoms with Crippen molar-refractivity contribution in [3.05, 3.63) is 29.0 Å². The van der Waals surface area contributed by atoms with Gasteiger partial charge in [-0.3, -0.25) is 0 Å². The maximum atomic E-state index is 8.75. The fraction of sp³-hybridized carbons (Fsp3) is 0.444. The van der Waals surface area contributed by atoms with Crippen molar-refractivity contribution in [2.45, 2.75) is 12.2 Å². The molecule has 0 fully saturated rings. The molecule has 0 aliphatic rings. The Labute approximate surface area is 110 Å². The van der Waals surface area contributed by atoms with Gasteiger partial charge in [0.15, 0.2) is 0 Å². The number of aliphatic hydroxyl groups is 2. The minimum absolute atomic E-state index is 0.279. The van der Waals surface area contributed by atoms with Crippen LogP contribution in [0.4, 0.5) is 0 Å². The van der Waals surface area contributed by atoms with Gasteiger partial charge in [0.2, 0.25) is 0 Å². The predicted molar refractivity (Wildman–Crippen MR) is 72.2 cm³/mol. The van der Waals surface area contributed by atoms with E-state index in [1.807, 2.05) is 0 Å². The van der Waals surface area contributed by atoms with E-state index in [0.29, 0.717) is 4.64 Å². The third-order valence-electron chi connectivity index (χ3n) is 1.62. The van der Waals surface area contributed by atoms with Crippen LogP contribution in [0.1, 0.15) is 0 Å². The van der Waals surface area contributed by atoms with Crippen molar-refractivity contribution in [2.75, 3.05) is 11.5 Å². The van der Waals surface area contributed by atoms with Crippen LogP contribution in [-0.2, 0) is 0 Å². The monoisotopic (exact) mass is 281 g/mol. The Kier molecular flexibility index (Phi) is 8.77. The number of thiol groups is 2. The number of nitrogens with zero attached hydrogens (tertiary/aromatic N) is 1. The van der Waals surface area contributed by atoms with Crippen molar-refractivity contribution in [3.63, 3.8) is 0 Å². The number of hydrogen-bond acceptors (Lipinski definition) is 6. The minimum atomic E-state index is -0.740. The summed E-state index contributed by atoms with van der Waals surface area (Å²) in [6.45, 7) is 0. The Balaban J connectivity index is 0.000000281. The van der Waals surface area contributed by atoms with E-state index in [4.69, 9.17) is 15.4 Å². The largest absolute Gasteiger partial charge is 0.428 e. The fourth-order valence-corrected chi connectivity index (χ4v) is 1.29. The molecule has 16 heavy (non-hydrogen) atoms. The minimum Gasteiger partial charge on any atom is -0.428 e. The van der Waals surface area contributed by atoms with E-state index in [9.17, 15) is 0 Å². The number of pyridine rings is 1. The molecule has 2 atom stereocenters. The summed E-state index contributed by atoms with van der Waals surface area (Å²) in [5, 5.41) is 26.2. The first-order valence-electron chi connectivity index (χ1n) is 4.47. The molecule has 0 spiro atoms. The lowest BCUT2D eigenvalue weighted by atomic mass is 10.3. The maximum absolute atomic E-state index is 8.75. The van der Waals surface area contributed by atoms with Gasteiger partial charge in [0.25, 0.3) is 0 Å². The molecule has 0 bridgehead atoms. The number of aliphatic hydroxyl groups excluding tert-OH is 2. The van der Waals surface area contributed by atoms with Gasteiger partial charge in [-0.1, -0.05) is 18.3 Å². The van der Waals surface area contributed by atoms with Crippen molar-refractivity contribution in [3.8, 4) is 0 Å². The van der Waals surface area contributed by atoms with Gasteiger partial charge in [0, 0.05) is 17.7 Å². The van der Waals surface area contributed by atoms with Gasteiger partial charge in [-0.25, -0.2) is 0 Å². The van der Waals surface area contributed by atoms with Gasteiger partial charge in [-0.05, 0) is 12.1 Å². The second-order valence-electron chi connectivity index (χ2n) is 2.88. The average molecular weight is 281 g/mol. The Bertz CT molecular complexity index is 337. The molecule has 7 heteroatoms. The molecule has 0 aliphatic carbocycles. The zero-order valence-electron chi connectivity index (χ0n) is 8.47. The Morgan fingerprint density at radius 2 is 1.69 bits per heavy atom. The Morgan fingerprint density at radius 3 is 1.94 bits per heavy atom. The lowest BCUT2D eigenvalue weighted by molar-refractivity contribution is 0.0504. The molecule has 0 aliphatic heterocycles. The molecule has 0 saturated heterocycles. The van der Waals surface area contributed by atoms with Crippen LogP contribution in [0.3, 0.4) is 0 Å². The van der Waals surface area contributed by atoms with Gasteiger partial charge >= 0.3 is 0 Å². The molecule has 92 valence electrons. The van der Waals surface area contributed by atoms with Crippen LogP contribution >= 0.6 is 37.5 Å². The van der Waals surface area contributed by atoms with E-state index >= 15 is 0 Å². The number of hydrogen-bond donors (Lipinski definition) is 5. The third-order valence-corrected chi connectivity index (χ3v) is 2.69. The van der Waals surface area contributed by atoms with Gasteiger partial charge in [0.1, 0.15) is 4.64 Å². The molecule has 1 aromatic rings. The first-order chi connectivity index (χ1) is 7.52. The van der Waals surface area contributed by atoms with Gasteiger partial charge in [-0.15, -0.1) is 0 Å². The van der Waals surface area contributed by atoms with Crippen molar-refractivity contribution in [2.24, 2.45) is 0 Å². The molecule has 0 radical (unpaired) electrons. The highest BCUT2D eigenvalue weighted by molar-refractivity contribution is 7.80. The second-order valence-corrected chi connectivity index (χ2v) is 4.03. The molecule has 0 amide bonds. The molecule has 1 heterocycles. The molecule has 3 N–H and O–H groups in total. The van der Waals surface area contributed by atoms with Gasteiger partial charge in [-0.2, -0.15) is 30.0 Å². The van der Waals surface area contributed by atoms with Crippen LogP contribution in [0, 0.1) is 4.64 Å². The van der Waals surface area contributed by atoms with E-state index in [1.54, 1.807) is 18.2 Å². The Morgan fingerprint density at radius 1 is 1.19 bits per heavy atom. The molecule has 0 unspecified atom stereocenters. The molecule has 0 aromatic carbocycles. The average Bonchev–Trinajstić information content (AvgIpc) is 2.31. The fourth-order valence-electron chi connectivity index (χ4n) is 0.662. The maximum Gasteiger partial charge on any atom is 0.142 e. The molecular weight excluding hydrogens is 266 g/mol.